The maximum Gasteiger partial charge on any atom is 0.340 e. The number of nitrogens with one attached hydrogen (secondary N) is 1. The molecule has 0 radical (unpaired) electrons. The summed E-state index contributed by atoms with van der Waals surface area (Å²) in [4.78, 5) is 11.6. The van der Waals surface area contributed by atoms with Gasteiger partial charge in [0, 0.05) is 15.8 Å². The summed E-state index contributed by atoms with van der Waals surface area (Å²) < 4.78 is 18.3. The van der Waals surface area contributed by atoms with Crippen LogP contribution in [0.4, 0.5) is 21.5 Å². The van der Waals surface area contributed by atoms with Crippen molar-refractivity contribution in [3.8, 4) is 0 Å². The van der Waals surface area contributed by atoms with Gasteiger partial charge in [-0.15, -0.1) is 0 Å². The van der Waals surface area contributed by atoms with Crippen molar-refractivity contribution in [2.75, 3.05) is 18.2 Å². The molecule has 104 valence electrons. The molecule has 0 aliphatic heterocycles. The molecule has 0 heterocycles. The molecule has 2 rings (SSSR count). The monoisotopic (exact) mass is 338 g/mol. The Morgan fingerprint density at radius 2 is 2.05 bits per heavy atom. The van der Waals surface area contributed by atoms with E-state index in [9.17, 15) is 9.18 Å². The zero-order valence-corrected chi connectivity index (χ0v) is 12.2. The van der Waals surface area contributed by atoms with E-state index in [4.69, 9.17) is 5.73 Å². The first-order valence-electron chi connectivity index (χ1n) is 5.71. The average molecular weight is 339 g/mol. The molecule has 0 atom stereocenters. The predicted molar refractivity (Wildman–Crippen MR) is 79.6 cm³/mol. The van der Waals surface area contributed by atoms with Gasteiger partial charge in [-0.05, 0) is 52.3 Å². The van der Waals surface area contributed by atoms with Gasteiger partial charge in [-0.1, -0.05) is 0 Å². The molecule has 20 heavy (non-hydrogen) atoms. The van der Waals surface area contributed by atoms with Crippen LogP contribution >= 0.6 is 15.9 Å². The molecule has 0 saturated heterocycles. The summed E-state index contributed by atoms with van der Waals surface area (Å²) in [6.07, 6.45) is 0. The van der Waals surface area contributed by atoms with E-state index in [0.29, 0.717) is 21.5 Å². The molecule has 0 aromatic heterocycles. The normalized spacial score (nSPS) is 10.2. The lowest BCUT2D eigenvalue weighted by molar-refractivity contribution is 0.0602. The summed E-state index contributed by atoms with van der Waals surface area (Å²) in [5.41, 5.74) is 7.65. The van der Waals surface area contributed by atoms with E-state index < -0.39 is 5.97 Å². The van der Waals surface area contributed by atoms with Gasteiger partial charge in [0.2, 0.25) is 0 Å². The molecule has 0 fully saturated rings. The van der Waals surface area contributed by atoms with Crippen molar-refractivity contribution < 1.29 is 13.9 Å². The largest absolute Gasteiger partial charge is 0.465 e. The molecule has 2 aromatic rings. The van der Waals surface area contributed by atoms with Crippen LogP contribution < -0.4 is 11.1 Å². The smallest absolute Gasteiger partial charge is 0.340 e. The molecule has 0 unspecified atom stereocenters. The van der Waals surface area contributed by atoms with Gasteiger partial charge in [-0.25, -0.2) is 9.18 Å². The fraction of sp³-hybridized carbons (Fsp3) is 0.0714. The Kier molecular flexibility index (Phi) is 4.24. The van der Waals surface area contributed by atoms with Crippen LogP contribution in [0.15, 0.2) is 40.9 Å². The lowest BCUT2D eigenvalue weighted by Gasteiger charge is -2.11. The van der Waals surface area contributed by atoms with Crippen LogP contribution in [0.25, 0.3) is 0 Å². The number of ether oxygens (including phenoxy) is 1. The number of rotatable bonds is 3. The highest BCUT2D eigenvalue weighted by atomic mass is 79.9. The number of esters is 1. The van der Waals surface area contributed by atoms with Crippen LogP contribution in [0.5, 0.6) is 0 Å². The lowest BCUT2D eigenvalue weighted by Crippen LogP contribution is -2.06. The lowest BCUT2D eigenvalue weighted by atomic mass is 10.1. The summed E-state index contributed by atoms with van der Waals surface area (Å²) in [6, 6.07) is 9.18. The third-order valence-corrected chi connectivity index (χ3v) is 3.32. The Morgan fingerprint density at radius 3 is 2.70 bits per heavy atom. The number of carbonyl (C=O) groups is 1. The second-order valence-corrected chi connectivity index (χ2v) is 4.90. The van der Waals surface area contributed by atoms with Gasteiger partial charge in [0.05, 0.1) is 18.4 Å². The van der Waals surface area contributed by atoms with Crippen LogP contribution in [-0.4, -0.2) is 13.1 Å². The SMILES string of the molecule is COC(=O)c1cc(Nc2ccc(F)cc2Br)ccc1N. The zero-order valence-electron chi connectivity index (χ0n) is 10.6. The van der Waals surface area contributed by atoms with E-state index in [-0.39, 0.29) is 11.4 Å². The van der Waals surface area contributed by atoms with Crippen LogP contribution in [0.3, 0.4) is 0 Å². The third-order valence-electron chi connectivity index (χ3n) is 2.67. The number of hydrogen-bond donors (Lipinski definition) is 2. The Labute approximate surface area is 123 Å². The van der Waals surface area contributed by atoms with E-state index in [2.05, 4.69) is 26.0 Å². The number of anilines is 3. The standard InChI is InChI=1S/C14H12BrFN2O2/c1-20-14(19)10-7-9(3-4-12(10)17)18-13-5-2-8(16)6-11(13)15/h2-7,18H,17H2,1H3. The fourth-order valence-corrected chi connectivity index (χ4v) is 2.12. The molecule has 4 nitrogen and oxygen atoms in total. The van der Waals surface area contributed by atoms with Crippen molar-refractivity contribution in [1.29, 1.82) is 0 Å². The second kappa shape index (κ2) is 5.92. The predicted octanol–water partition coefficient (Wildman–Crippen LogP) is 3.70. The van der Waals surface area contributed by atoms with Gasteiger partial charge < -0.3 is 15.8 Å². The molecule has 0 bridgehead atoms. The molecule has 0 aliphatic carbocycles. The maximum atomic E-state index is 13.0. The van der Waals surface area contributed by atoms with Gasteiger partial charge >= 0.3 is 5.97 Å². The Hall–Kier alpha value is -2.08. The molecule has 0 aliphatic rings. The van der Waals surface area contributed by atoms with Gasteiger partial charge in [-0.2, -0.15) is 0 Å². The van der Waals surface area contributed by atoms with Crippen molar-refractivity contribution in [1.82, 2.24) is 0 Å². The zero-order chi connectivity index (χ0) is 14.7. The fourth-order valence-electron chi connectivity index (χ4n) is 1.67. The van der Waals surface area contributed by atoms with Crippen molar-refractivity contribution in [2.24, 2.45) is 0 Å². The average Bonchev–Trinajstić information content (AvgIpc) is 2.43. The molecular formula is C14H12BrFN2O2. The van der Waals surface area contributed by atoms with Crippen molar-refractivity contribution in [2.45, 2.75) is 0 Å². The van der Waals surface area contributed by atoms with Gasteiger partial charge in [0.25, 0.3) is 0 Å². The maximum absolute atomic E-state index is 13.0. The van der Waals surface area contributed by atoms with Crippen LogP contribution in [0.1, 0.15) is 10.4 Å². The minimum absolute atomic E-state index is 0.274. The van der Waals surface area contributed by atoms with Gasteiger partial charge in [0.15, 0.2) is 0 Å². The summed E-state index contributed by atoms with van der Waals surface area (Å²) in [6.45, 7) is 0. The van der Waals surface area contributed by atoms with Crippen molar-refractivity contribution >= 4 is 39.0 Å². The topological polar surface area (TPSA) is 64.3 Å². The summed E-state index contributed by atoms with van der Waals surface area (Å²) in [5.74, 6) is -0.848. The highest BCUT2D eigenvalue weighted by Crippen LogP contribution is 2.28. The molecular weight excluding hydrogens is 327 g/mol. The van der Waals surface area contributed by atoms with Gasteiger partial charge in [-0.3, -0.25) is 0 Å². The first kappa shape index (κ1) is 14.3. The minimum atomic E-state index is -0.510. The number of methoxy groups -OCH3 is 1. The Balaban J connectivity index is 2.32. The van der Waals surface area contributed by atoms with Crippen molar-refractivity contribution in [3.05, 3.63) is 52.3 Å². The summed E-state index contributed by atoms with van der Waals surface area (Å²) in [7, 11) is 1.29. The Morgan fingerprint density at radius 1 is 1.30 bits per heavy atom. The van der Waals surface area contributed by atoms with Crippen molar-refractivity contribution in [3.63, 3.8) is 0 Å². The first-order valence-corrected chi connectivity index (χ1v) is 6.50. The number of nitrogen functional groups attached to an aromatic ring is 1. The molecule has 6 heteroatoms. The molecule has 0 spiro atoms. The van der Waals surface area contributed by atoms with E-state index in [0.717, 1.165) is 0 Å². The summed E-state index contributed by atoms with van der Waals surface area (Å²) in [5, 5.41) is 3.07. The van der Waals surface area contributed by atoms with E-state index in [1.807, 2.05) is 0 Å². The van der Waals surface area contributed by atoms with E-state index in [1.165, 1.54) is 19.2 Å². The van der Waals surface area contributed by atoms with Crippen LogP contribution in [-0.2, 0) is 4.74 Å². The van der Waals surface area contributed by atoms with Crippen LogP contribution in [0, 0.1) is 5.82 Å². The van der Waals surface area contributed by atoms with Gasteiger partial charge in [0.1, 0.15) is 5.82 Å². The quantitative estimate of drug-likeness (QED) is 0.661. The molecule has 3 N–H and O–H groups in total. The summed E-state index contributed by atoms with van der Waals surface area (Å²) >= 11 is 3.26. The first-order chi connectivity index (χ1) is 9.51. The minimum Gasteiger partial charge on any atom is -0.465 e. The third kappa shape index (κ3) is 3.08. The number of halogens is 2. The molecule has 2 aromatic carbocycles. The Bertz CT molecular complexity index is 662. The highest BCUT2D eigenvalue weighted by Gasteiger charge is 2.11. The number of carbonyl (C=O) groups excluding carboxylic acids is 1. The second-order valence-electron chi connectivity index (χ2n) is 4.04. The number of hydrogen-bond acceptors (Lipinski definition) is 4. The number of benzene rings is 2. The molecule has 0 amide bonds. The number of nitrogens with two attached hydrogens (primary N) is 1. The molecule has 0 saturated carbocycles. The van der Waals surface area contributed by atoms with E-state index >= 15 is 0 Å². The van der Waals surface area contributed by atoms with Crippen LogP contribution in [0.2, 0.25) is 0 Å². The van der Waals surface area contributed by atoms with E-state index in [1.54, 1.807) is 24.3 Å². The highest BCUT2D eigenvalue weighted by molar-refractivity contribution is 9.10.